The van der Waals surface area contributed by atoms with E-state index in [0.717, 1.165) is 62.5 Å². The summed E-state index contributed by atoms with van der Waals surface area (Å²) in [5.41, 5.74) is 10.5. The lowest BCUT2D eigenvalue weighted by molar-refractivity contribution is 0.254. The molecule has 1 aliphatic rings. The number of aryl methyl sites for hydroxylation is 3. The van der Waals surface area contributed by atoms with Gasteiger partial charge in [-0.3, -0.25) is 4.90 Å². The second kappa shape index (κ2) is 7.52. The number of hydrogen-bond donors (Lipinski definition) is 1. The van der Waals surface area contributed by atoms with Crippen LogP contribution in [-0.4, -0.2) is 57.2 Å². The number of hydrogen-bond acceptors (Lipinski definition) is 6. The Hall–Kier alpha value is -2.67. The third-order valence-electron chi connectivity index (χ3n) is 5.41. The summed E-state index contributed by atoms with van der Waals surface area (Å²) in [4.78, 5) is 13.6. The number of rotatable bonds is 5. The molecule has 4 rings (SSSR count). The quantitative estimate of drug-likeness (QED) is 0.746. The van der Waals surface area contributed by atoms with E-state index in [1.807, 2.05) is 16.8 Å². The minimum Gasteiger partial charge on any atom is -0.382 e. The van der Waals surface area contributed by atoms with Crippen molar-refractivity contribution in [3.63, 3.8) is 0 Å². The molecule has 4 heterocycles. The van der Waals surface area contributed by atoms with E-state index < -0.39 is 0 Å². The molecule has 0 unspecified atom stereocenters. The van der Waals surface area contributed by atoms with Crippen LogP contribution in [0.5, 0.6) is 0 Å². The second-order valence-electron chi connectivity index (χ2n) is 7.30. The lowest BCUT2D eigenvalue weighted by Crippen LogP contribution is -2.47. The number of anilines is 2. The van der Waals surface area contributed by atoms with Crippen molar-refractivity contribution in [3.8, 4) is 0 Å². The Balaban J connectivity index is 1.31. The molecule has 3 aromatic heterocycles. The zero-order chi connectivity index (χ0) is 18.8. The van der Waals surface area contributed by atoms with E-state index in [-0.39, 0.29) is 0 Å². The van der Waals surface area contributed by atoms with Gasteiger partial charge in [-0.15, -0.1) is 0 Å². The summed E-state index contributed by atoms with van der Waals surface area (Å²) < 4.78 is 1.94. The molecule has 0 atom stereocenters. The van der Waals surface area contributed by atoms with E-state index in [0.29, 0.717) is 5.82 Å². The number of fused-ring (bicyclic) bond motifs is 1. The zero-order valence-electron chi connectivity index (χ0n) is 16.1. The SMILES string of the molecule is Cc1cccnc1N1CCN(CCCc2cc(C)c3c(N)ncnn23)CC1. The van der Waals surface area contributed by atoms with E-state index in [2.05, 4.69) is 50.8 Å². The second-order valence-corrected chi connectivity index (χ2v) is 7.30. The fourth-order valence-corrected chi connectivity index (χ4v) is 3.99. The molecule has 142 valence electrons. The normalized spacial score (nSPS) is 15.6. The Bertz CT molecular complexity index is 925. The van der Waals surface area contributed by atoms with Crippen LogP contribution in [0.3, 0.4) is 0 Å². The largest absolute Gasteiger partial charge is 0.382 e. The van der Waals surface area contributed by atoms with E-state index >= 15 is 0 Å². The number of nitrogen functional groups attached to an aromatic ring is 1. The minimum atomic E-state index is 0.551. The number of nitrogens with two attached hydrogens (primary N) is 1. The summed E-state index contributed by atoms with van der Waals surface area (Å²) >= 11 is 0. The maximum absolute atomic E-state index is 6.00. The van der Waals surface area contributed by atoms with Crippen LogP contribution in [-0.2, 0) is 6.42 Å². The summed E-state index contributed by atoms with van der Waals surface area (Å²) in [5, 5.41) is 4.38. The topological polar surface area (TPSA) is 75.6 Å². The fourth-order valence-electron chi connectivity index (χ4n) is 3.99. The Kier molecular flexibility index (Phi) is 4.94. The first kappa shape index (κ1) is 17.7. The van der Waals surface area contributed by atoms with Crippen molar-refractivity contribution in [3.05, 3.63) is 47.5 Å². The average molecular weight is 365 g/mol. The number of piperazine rings is 1. The molecule has 0 radical (unpaired) electrons. The number of nitrogens with zero attached hydrogens (tertiary/aromatic N) is 6. The highest BCUT2D eigenvalue weighted by Crippen LogP contribution is 2.21. The van der Waals surface area contributed by atoms with Crippen LogP contribution >= 0.6 is 0 Å². The van der Waals surface area contributed by atoms with Crippen molar-refractivity contribution in [2.75, 3.05) is 43.4 Å². The van der Waals surface area contributed by atoms with Gasteiger partial charge in [0.15, 0.2) is 5.82 Å². The minimum absolute atomic E-state index is 0.551. The lowest BCUT2D eigenvalue weighted by atomic mass is 10.2. The molecule has 0 aromatic carbocycles. The molecule has 7 heteroatoms. The summed E-state index contributed by atoms with van der Waals surface area (Å²) in [6, 6.07) is 6.32. The van der Waals surface area contributed by atoms with Crippen molar-refractivity contribution in [2.24, 2.45) is 0 Å². The van der Waals surface area contributed by atoms with Gasteiger partial charge in [0.2, 0.25) is 0 Å². The molecule has 3 aromatic rings. The van der Waals surface area contributed by atoms with Crippen LogP contribution in [0.1, 0.15) is 23.2 Å². The Morgan fingerprint density at radius 1 is 1.07 bits per heavy atom. The van der Waals surface area contributed by atoms with E-state index in [1.165, 1.54) is 17.6 Å². The molecule has 0 saturated carbocycles. The smallest absolute Gasteiger partial charge is 0.151 e. The number of pyridine rings is 1. The highest BCUT2D eigenvalue weighted by atomic mass is 15.3. The predicted molar refractivity (Wildman–Crippen MR) is 108 cm³/mol. The van der Waals surface area contributed by atoms with Crippen molar-refractivity contribution < 1.29 is 0 Å². The van der Waals surface area contributed by atoms with Gasteiger partial charge < -0.3 is 10.6 Å². The summed E-state index contributed by atoms with van der Waals surface area (Å²) in [7, 11) is 0. The van der Waals surface area contributed by atoms with Gasteiger partial charge in [0.1, 0.15) is 17.7 Å². The van der Waals surface area contributed by atoms with E-state index in [4.69, 9.17) is 5.73 Å². The third-order valence-corrected chi connectivity index (χ3v) is 5.41. The van der Waals surface area contributed by atoms with Gasteiger partial charge in [-0.25, -0.2) is 14.5 Å². The molecule has 1 fully saturated rings. The van der Waals surface area contributed by atoms with Gasteiger partial charge in [0, 0.05) is 38.1 Å². The fraction of sp³-hybridized carbons (Fsp3) is 0.450. The van der Waals surface area contributed by atoms with Crippen molar-refractivity contribution in [1.29, 1.82) is 0 Å². The third kappa shape index (κ3) is 3.60. The van der Waals surface area contributed by atoms with Gasteiger partial charge >= 0.3 is 0 Å². The maximum atomic E-state index is 6.00. The highest BCUT2D eigenvalue weighted by molar-refractivity contribution is 5.70. The molecule has 0 bridgehead atoms. The summed E-state index contributed by atoms with van der Waals surface area (Å²) in [6.45, 7) is 9.54. The molecule has 1 aliphatic heterocycles. The first-order valence-electron chi connectivity index (χ1n) is 9.60. The Labute approximate surface area is 159 Å². The first-order chi connectivity index (χ1) is 13.1. The summed E-state index contributed by atoms with van der Waals surface area (Å²) in [6.07, 6.45) is 5.52. The monoisotopic (exact) mass is 365 g/mol. The van der Waals surface area contributed by atoms with Crippen molar-refractivity contribution in [1.82, 2.24) is 24.5 Å². The van der Waals surface area contributed by atoms with Gasteiger partial charge in [-0.1, -0.05) is 6.07 Å². The van der Waals surface area contributed by atoms with E-state index in [1.54, 1.807) is 0 Å². The van der Waals surface area contributed by atoms with E-state index in [9.17, 15) is 0 Å². The van der Waals surface area contributed by atoms with Gasteiger partial charge in [0.25, 0.3) is 0 Å². The Morgan fingerprint density at radius 3 is 2.67 bits per heavy atom. The van der Waals surface area contributed by atoms with Crippen LogP contribution < -0.4 is 10.6 Å². The van der Waals surface area contributed by atoms with Gasteiger partial charge in [0.05, 0.1) is 0 Å². The van der Waals surface area contributed by atoms with Crippen LogP contribution in [0.25, 0.3) is 5.52 Å². The first-order valence-corrected chi connectivity index (χ1v) is 9.60. The molecule has 2 N–H and O–H groups in total. The lowest BCUT2D eigenvalue weighted by Gasteiger charge is -2.36. The predicted octanol–water partition coefficient (Wildman–Crippen LogP) is 2.08. The molecule has 27 heavy (non-hydrogen) atoms. The number of aromatic nitrogens is 4. The summed E-state index contributed by atoms with van der Waals surface area (Å²) in [5.74, 6) is 1.68. The molecular formula is C20H27N7. The van der Waals surface area contributed by atoms with Gasteiger partial charge in [-0.05, 0) is 56.5 Å². The molecular weight excluding hydrogens is 338 g/mol. The van der Waals surface area contributed by atoms with Crippen molar-refractivity contribution in [2.45, 2.75) is 26.7 Å². The van der Waals surface area contributed by atoms with Crippen LogP contribution in [0.2, 0.25) is 0 Å². The molecule has 0 aliphatic carbocycles. The molecule has 1 saturated heterocycles. The standard InChI is InChI=1S/C20H27N7/c1-15-5-3-7-22-20(15)26-11-9-25(10-12-26)8-4-6-17-13-16(2)18-19(21)23-14-24-27(17)18/h3,5,7,13-14H,4,6,8-12H2,1-2H3,(H2,21,23,24). The molecule has 7 nitrogen and oxygen atoms in total. The van der Waals surface area contributed by atoms with Crippen molar-refractivity contribution >= 4 is 17.2 Å². The Morgan fingerprint density at radius 2 is 1.89 bits per heavy atom. The molecule has 0 amide bonds. The van der Waals surface area contributed by atoms with Crippen LogP contribution in [0, 0.1) is 13.8 Å². The highest BCUT2D eigenvalue weighted by Gasteiger charge is 2.19. The molecule has 0 spiro atoms. The van der Waals surface area contributed by atoms with Crippen LogP contribution in [0.15, 0.2) is 30.7 Å². The van der Waals surface area contributed by atoms with Gasteiger partial charge in [-0.2, -0.15) is 5.10 Å². The average Bonchev–Trinajstić information content (AvgIpc) is 3.00. The maximum Gasteiger partial charge on any atom is 0.151 e. The van der Waals surface area contributed by atoms with Crippen LogP contribution in [0.4, 0.5) is 11.6 Å². The zero-order valence-corrected chi connectivity index (χ0v) is 16.1.